The molecule has 0 aromatic carbocycles. The van der Waals surface area contributed by atoms with Crippen molar-refractivity contribution in [1.29, 1.82) is 0 Å². The first-order chi connectivity index (χ1) is 1.91. The first kappa shape index (κ1) is 9.49. The molecule has 0 aromatic rings. The number of hydrogen-bond donors (Lipinski definition) is 0. The predicted octanol–water partition coefficient (Wildman–Crippen LogP) is -1.35. The summed E-state index contributed by atoms with van der Waals surface area (Å²) in [6.07, 6.45) is 0. The van der Waals surface area contributed by atoms with Gasteiger partial charge in [-0.05, 0) is 6.92 Å². The first-order valence-electron chi connectivity index (χ1n) is 1.40. The Morgan fingerprint density at radius 1 is 1.80 bits per heavy atom. The molecular weight excluding hydrogens is 91.1 g/mol. The van der Waals surface area contributed by atoms with E-state index in [2.05, 4.69) is 4.43 Å². The Hall–Kier alpha value is 1.18. The van der Waals surface area contributed by atoms with Crippen molar-refractivity contribution in [2.75, 3.05) is 6.61 Å². The van der Waals surface area contributed by atoms with E-state index in [1.165, 1.54) is 0 Å². The predicted molar refractivity (Wildman–Crippen MR) is 28.7 cm³/mol. The van der Waals surface area contributed by atoms with Crippen LogP contribution in [0.2, 0.25) is 0 Å². The molecule has 0 aliphatic rings. The van der Waals surface area contributed by atoms with Crippen LogP contribution in [0.3, 0.4) is 0 Å². The van der Waals surface area contributed by atoms with Gasteiger partial charge in [-0.3, -0.25) is 0 Å². The van der Waals surface area contributed by atoms with Crippen LogP contribution in [0, 0.1) is 0 Å². The Balaban J connectivity index is 0. The molecule has 0 bridgehead atoms. The van der Waals surface area contributed by atoms with Gasteiger partial charge in [0.1, 0.15) is 10.5 Å². The Bertz CT molecular complexity index is 11.6. The number of hydrogen-bond acceptors (Lipinski definition) is 1. The van der Waals surface area contributed by atoms with Crippen LogP contribution in [0.15, 0.2) is 0 Å². The molecule has 0 fully saturated rings. The van der Waals surface area contributed by atoms with E-state index in [9.17, 15) is 0 Å². The van der Waals surface area contributed by atoms with Crippen molar-refractivity contribution in [2.45, 2.75) is 6.92 Å². The SMILES string of the molecule is CCO[SiH3].[NaH]. The summed E-state index contributed by atoms with van der Waals surface area (Å²) >= 11 is 0. The van der Waals surface area contributed by atoms with Crippen molar-refractivity contribution in [3.8, 4) is 0 Å². The molecule has 0 aliphatic carbocycles. The molecule has 0 aromatic heterocycles. The van der Waals surface area contributed by atoms with Crippen molar-refractivity contribution < 1.29 is 4.43 Å². The molecule has 0 N–H and O–H groups in total. The van der Waals surface area contributed by atoms with Gasteiger partial charge in [0.2, 0.25) is 0 Å². The van der Waals surface area contributed by atoms with Gasteiger partial charge in [-0.15, -0.1) is 0 Å². The van der Waals surface area contributed by atoms with Crippen molar-refractivity contribution >= 4 is 40.0 Å². The fraction of sp³-hybridized carbons (Fsp3) is 1.00. The van der Waals surface area contributed by atoms with Gasteiger partial charge in [0, 0.05) is 6.61 Å². The molecule has 0 atom stereocenters. The summed E-state index contributed by atoms with van der Waals surface area (Å²) in [5.74, 6) is 0. The van der Waals surface area contributed by atoms with E-state index < -0.39 is 0 Å². The molecule has 0 radical (unpaired) electrons. The van der Waals surface area contributed by atoms with Gasteiger partial charge >= 0.3 is 29.6 Å². The molecule has 0 saturated heterocycles. The van der Waals surface area contributed by atoms with Gasteiger partial charge in [0.05, 0.1) is 0 Å². The van der Waals surface area contributed by atoms with Gasteiger partial charge in [0.15, 0.2) is 0 Å². The third-order valence-electron chi connectivity index (χ3n) is 0.289. The summed E-state index contributed by atoms with van der Waals surface area (Å²) in [7, 11) is 0.890. The summed E-state index contributed by atoms with van der Waals surface area (Å²) in [5.41, 5.74) is 0. The average Bonchev–Trinajstić information content (AvgIpc) is 1.37. The van der Waals surface area contributed by atoms with Crippen LogP contribution >= 0.6 is 0 Å². The number of rotatable bonds is 1. The van der Waals surface area contributed by atoms with Crippen molar-refractivity contribution in [3.05, 3.63) is 0 Å². The molecule has 0 spiro atoms. The molecule has 0 heterocycles. The van der Waals surface area contributed by atoms with Crippen LogP contribution in [-0.2, 0) is 4.43 Å². The Morgan fingerprint density at radius 2 is 2.00 bits per heavy atom. The van der Waals surface area contributed by atoms with Crippen LogP contribution in [0.25, 0.3) is 0 Å². The molecule has 3 heteroatoms. The second kappa shape index (κ2) is 8.95. The first-order valence-corrected chi connectivity index (χ1v) is 2.22. The van der Waals surface area contributed by atoms with Crippen LogP contribution in [0.5, 0.6) is 0 Å². The minimum atomic E-state index is 0. The van der Waals surface area contributed by atoms with Crippen molar-refractivity contribution in [2.24, 2.45) is 0 Å². The molecule has 1 nitrogen and oxygen atoms in total. The topological polar surface area (TPSA) is 9.23 Å². The third-order valence-corrected chi connectivity index (χ3v) is 0.866. The van der Waals surface area contributed by atoms with E-state index in [0.29, 0.717) is 0 Å². The maximum atomic E-state index is 4.68. The second-order valence-electron chi connectivity index (χ2n) is 0.577. The fourth-order valence-electron chi connectivity index (χ4n) is 0. The molecule has 5 heavy (non-hydrogen) atoms. The van der Waals surface area contributed by atoms with Gasteiger partial charge < -0.3 is 4.43 Å². The summed E-state index contributed by atoms with van der Waals surface area (Å²) < 4.78 is 4.68. The summed E-state index contributed by atoms with van der Waals surface area (Å²) in [5, 5.41) is 0. The van der Waals surface area contributed by atoms with Gasteiger partial charge in [-0.2, -0.15) is 0 Å². The zero-order valence-corrected chi connectivity index (χ0v) is 5.12. The van der Waals surface area contributed by atoms with Gasteiger partial charge in [-0.1, -0.05) is 0 Å². The quantitative estimate of drug-likeness (QED) is 0.370. The molecule has 0 rings (SSSR count). The molecule has 0 aliphatic heterocycles. The molecule has 0 unspecified atom stereocenters. The minimum absolute atomic E-state index is 0. The Kier molecular flexibility index (Phi) is 17.0. The van der Waals surface area contributed by atoms with E-state index >= 15 is 0 Å². The van der Waals surface area contributed by atoms with E-state index in [1.54, 1.807) is 0 Å². The van der Waals surface area contributed by atoms with E-state index in [4.69, 9.17) is 0 Å². The van der Waals surface area contributed by atoms with E-state index in [-0.39, 0.29) is 29.6 Å². The zero-order valence-electron chi connectivity index (χ0n) is 3.12. The van der Waals surface area contributed by atoms with Crippen molar-refractivity contribution in [3.63, 3.8) is 0 Å². The molecule has 28 valence electrons. The standard InChI is InChI=1S/C2H8OSi.Na.H/c1-2-3-4;;/h2H2,1,4H3;;. The molecular formula is C2H9NaOSi. The second-order valence-corrected chi connectivity index (χ2v) is 1.15. The summed E-state index contributed by atoms with van der Waals surface area (Å²) in [6, 6.07) is 0. The van der Waals surface area contributed by atoms with E-state index in [1.807, 2.05) is 6.92 Å². The van der Waals surface area contributed by atoms with Crippen LogP contribution < -0.4 is 0 Å². The summed E-state index contributed by atoms with van der Waals surface area (Å²) in [4.78, 5) is 0. The van der Waals surface area contributed by atoms with Gasteiger partial charge in [0.25, 0.3) is 0 Å². The maximum absolute atomic E-state index is 4.68. The van der Waals surface area contributed by atoms with Gasteiger partial charge in [-0.25, -0.2) is 0 Å². The molecule has 0 saturated carbocycles. The monoisotopic (exact) mass is 100 g/mol. The van der Waals surface area contributed by atoms with Crippen LogP contribution in [0.4, 0.5) is 0 Å². The molecule has 0 amide bonds. The van der Waals surface area contributed by atoms with E-state index in [0.717, 1.165) is 17.1 Å². The normalized spacial score (nSPS) is 6.60. The third kappa shape index (κ3) is 11.0. The summed E-state index contributed by atoms with van der Waals surface area (Å²) in [6.45, 7) is 2.87. The average molecular weight is 100 g/mol. The van der Waals surface area contributed by atoms with Crippen LogP contribution in [-0.4, -0.2) is 46.7 Å². The Labute approximate surface area is 57.9 Å². The van der Waals surface area contributed by atoms with Crippen LogP contribution in [0.1, 0.15) is 6.92 Å². The zero-order chi connectivity index (χ0) is 3.41. The fourth-order valence-corrected chi connectivity index (χ4v) is 0. The van der Waals surface area contributed by atoms with Crippen molar-refractivity contribution in [1.82, 2.24) is 0 Å². The Morgan fingerprint density at radius 3 is 2.00 bits per heavy atom.